The second-order valence-electron chi connectivity index (χ2n) is 3.21. The van der Waals surface area contributed by atoms with Crippen LogP contribution in [0.1, 0.15) is 16.8 Å². The van der Waals surface area contributed by atoms with E-state index in [1.54, 1.807) is 24.3 Å². The van der Waals surface area contributed by atoms with Crippen LogP contribution in [-0.4, -0.2) is 19.0 Å². The van der Waals surface area contributed by atoms with Crippen molar-refractivity contribution in [2.24, 2.45) is 5.92 Å². The first-order chi connectivity index (χ1) is 6.38. The van der Waals surface area contributed by atoms with Crippen molar-refractivity contribution in [1.29, 1.82) is 0 Å². The normalized spacial score (nSPS) is 21.7. The zero-order valence-corrected chi connectivity index (χ0v) is 7.32. The van der Waals surface area contributed by atoms with E-state index in [2.05, 4.69) is 6.07 Å². The molecule has 1 aromatic rings. The topological polar surface area (TPSA) is 26.3 Å². The minimum Gasteiger partial charge on any atom is -0.381 e. The van der Waals surface area contributed by atoms with Gasteiger partial charge in [-0.15, -0.1) is 0 Å². The van der Waals surface area contributed by atoms with Gasteiger partial charge in [0.15, 0.2) is 5.78 Å². The van der Waals surface area contributed by atoms with E-state index in [-0.39, 0.29) is 11.7 Å². The third kappa shape index (κ3) is 1.78. The minimum absolute atomic E-state index is 0.0717. The Kier molecular flexibility index (Phi) is 2.41. The Balaban J connectivity index is 2.13. The highest BCUT2D eigenvalue weighted by Gasteiger charge is 2.23. The molecule has 13 heavy (non-hydrogen) atoms. The van der Waals surface area contributed by atoms with Gasteiger partial charge in [0.1, 0.15) is 0 Å². The lowest BCUT2D eigenvalue weighted by atomic mass is 9.97. The molecule has 1 atom stereocenters. The summed E-state index contributed by atoms with van der Waals surface area (Å²) in [6, 6.07) is 10.0. The van der Waals surface area contributed by atoms with Gasteiger partial charge in [-0.1, -0.05) is 24.3 Å². The smallest absolute Gasteiger partial charge is 0.168 e. The van der Waals surface area contributed by atoms with Crippen LogP contribution in [0.15, 0.2) is 24.3 Å². The molecule has 67 valence electrons. The van der Waals surface area contributed by atoms with Crippen molar-refractivity contribution in [3.05, 3.63) is 35.9 Å². The molecule has 2 rings (SSSR count). The van der Waals surface area contributed by atoms with Gasteiger partial charge in [-0.05, 0) is 12.5 Å². The third-order valence-corrected chi connectivity index (χ3v) is 2.30. The summed E-state index contributed by atoms with van der Waals surface area (Å²) in [5.74, 6) is 0.272. The fourth-order valence-electron chi connectivity index (χ4n) is 1.53. The Morgan fingerprint density at radius 3 is 2.85 bits per heavy atom. The zero-order valence-electron chi connectivity index (χ0n) is 7.32. The van der Waals surface area contributed by atoms with E-state index in [1.165, 1.54) is 0 Å². The second-order valence-corrected chi connectivity index (χ2v) is 3.21. The van der Waals surface area contributed by atoms with Gasteiger partial charge in [0, 0.05) is 18.1 Å². The summed E-state index contributed by atoms with van der Waals surface area (Å²) in [6.07, 6.45) is 0.859. The zero-order chi connectivity index (χ0) is 9.10. The van der Waals surface area contributed by atoms with E-state index in [0.717, 1.165) is 18.6 Å². The number of benzene rings is 1. The molecule has 2 heteroatoms. The Hall–Kier alpha value is -1.15. The standard InChI is InChI=1S/C11H11O2/c12-11(10-6-7-13-8-10)9-4-2-1-3-5-9/h2-5,10H,6-8H2. The van der Waals surface area contributed by atoms with Crippen LogP contribution in [0.5, 0.6) is 0 Å². The van der Waals surface area contributed by atoms with E-state index >= 15 is 0 Å². The van der Waals surface area contributed by atoms with E-state index < -0.39 is 0 Å². The molecule has 0 N–H and O–H groups in total. The quantitative estimate of drug-likeness (QED) is 0.639. The fourth-order valence-corrected chi connectivity index (χ4v) is 1.53. The summed E-state index contributed by atoms with van der Waals surface area (Å²) in [5.41, 5.74) is 0.772. The number of hydrogen-bond donors (Lipinski definition) is 0. The molecule has 0 amide bonds. The average molecular weight is 175 g/mol. The van der Waals surface area contributed by atoms with Gasteiger partial charge < -0.3 is 4.74 Å². The molecule has 1 aliphatic heterocycles. The molecule has 0 aromatic heterocycles. The number of carbonyl (C=O) groups is 1. The van der Waals surface area contributed by atoms with Crippen LogP contribution in [0, 0.1) is 12.0 Å². The van der Waals surface area contributed by atoms with Crippen molar-refractivity contribution < 1.29 is 9.53 Å². The van der Waals surface area contributed by atoms with Crippen LogP contribution < -0.4 is 0 Å². The van der Waals surface area contributed by atoms with Crippen molar-refractivity contribution in [2.75, 3.05) is 13.2 Å². The maximum Gasteiger partial charge on any atom is 0.168 e. The Morgan fingerprint density at radius 1 is 1.46 bits per heavy atom. The molecule has 1 radical (unpaired) electrons. The van der Waals surface area contributed by atoms with Crippen LogP contribution in [0.4, 0.5) is 0 Å². The maximum absolute atomic E-state index is 11.8. The highest BCUT2D eigenvalue weighted by molar-refractivity contribution is 5.97. The highest BCUT2D eigenvalue weighted by Crippen LogP contribution is 2.17. The summed E-state index contributed by atoms with van der Waals surface area (Å²) in [4.78, 5) is 11.8. The van der Waals surface area contributed by atoms with Crippen molar-refractivity contribution in [2.45, 2.75) is 6.42 Å². The largest absolute Gasteiger partial charge is 0.381 e. The Labute approximate surface area is 77.5 Å². The van der Waals surface area contributed by atoms with E-state index in [4.69, 9.17) is 4.74 Å². The van der Waals surface area contributed by atoms with Crippen molar-refractivity contribution in [3.8, 4) is 0 Å². The van der Waals surface area contributed by atoms with Gasteiger partial charge in [0.05, 0.1) is 6.61 Å². The van der Waals surface area contributed by atoms with Crippen LogP contribution >= 0.6 is 0 Å². The molecule has 1 aromatic carbocycles. The van der Waals surface area contributed by atoms with Gasteiger partial charge in [-0.2, -0.15) is 0 Å². The first kappa shape index (κ1) is 8.45. The first-order valence-corrected chi connectivity index (χ1v) is 4.46. The van der Waals surface area contributed by atoms with E-state index in [1.807, 2.05) is 0 Å². The summed E-state index contributed by atoms with van der Waals surface area (Å²) in [5, 5.41) is 0. The SMILES string of the molecule is O=C(c1cc[c]cc1)C1CCOC1. The van der Waals surface area contributed by atoms with Gasteiger partial charge in [0.25, 0.3) is 0 Å². The molecule has 1 aliphatic rings. The molecular formula is C11H11O2. The van der Waals surface area contributed by atoms with Crippen LogP contribution in [0.2, 0.25) is 0 Å². The monoisotopic (exact) mass is 175 g/mol. The van der Waals surface area contributed by atoms with Crippen LogP contribution in [-0.2, 0) is 4.74 Å². The van der Waals surface area contributed by atoms with Gasteiger partial charge in [-0.3, -0.25) is 4.79 Å². The molecule has 1 fully saturated rings. The molecule has 2 nitrogen and oxygen atoms in total. The predicted octanol–water partition coefficient (Wildman–Crippen LogP) is 1.71. The molecule has 0 aliphatic carbocycles. The highest BCUT2D eigenvalue weighted by atomic mass is 16.5. The number of rotatable bonds is 2. The molecule has 1 saturated heterocycles. The van der Waals surface area contributed by atoms with E-state index in [9.17, 15) is 4.79 Å². The molecule has 1 heterocycles. The molecule has 0 bridgehead atoms. The van der Waals surface area contributed by atoms with Crippen molar-refractivity contribution in [1.82, 2.24) is 0 Å². The summed E-state index contributed by atoms with van der Waals surface area (Å²) >= 11 is 0. The number of carbonyl (C=O) groups excluding carboxylic acids is 1. The first-order valence-electron chi connectivity index (χ1n) is 4.46. The summed E-state index contributed by atoms with van der Waals surface area (Å²) < 4.78 is 5.17. The summed E-state index contributed by atoms with van der Waals surface area (Å²) in [7, 11) is 0. The second kappa shape index (κ2) is 3.71. The van der Waals surface area contributed by atoms with E-state index in [0.29, 0.717) is 6.61 Å². The fraction of sp³-hybridized carbons (Fsp3) is 0.364. The lowest BCUT2D eigenvalue weighted by molar-refractivity contribution is 0.0900. The molecule has 0 saturated carbocycles. The number of hydrogen-bond acceptors (Lipinski definition) is 2. The van der Waals surface area contributed by atoms with Gasteiger partial charge >= 0.3 is 0 Å². The van der Waals surface area contributed by atoms with Gasteiger partial charge in [0.2, 0.25) is 0 Å². The van der Waals surface area contributed by atoms with Crippen molar-refractivity contribution >= 4 is 5.78 Å². The number of Topliss-reactive ketones (excluding diaryl/α,β-unsaturated/α-hetero) is 1. The van der Waals surface area contributed by atoms with Crippen LogP contribution in [0.3, 0.4) is 0 Å². The number of ether oxygens (including phenoxy) is 1. The third-order valence-electron chi connectivity index (χ3n) is 2.30. The summed E-state index contributed by atoms with van der Waals surface area (Å²) in [6.45, 7) is 1.30. The minimum atomic E-state index is 0.0717. The predicted molar refractivity (Wildman–Crippen MR) is 48.5 cm³/mol. The Bertz CT molecular complexity index is 286. The molecule has 0 spiro atoms. The average Bonchev–Trinajstić information content (AvgIpc) is 2.71. The van der Waals surface area contributed by atoms with Crippen LogP contribution in [0.25, 0.3) is 0 Å². The molecule has 1 unspecified atom stereocenters. The van der Waals surface area contributed by atoms with Gasteiger partial charge in [-0.25, -0.2) is 0 Å². The lowest BCUT2D eigenvalue weighted by Crippen LogP contribution is -2.14. The lowest BCUT2D eigenvalue weighted by Gasteiger charge is -2.05. The van der Waals surface area contributed by atoms with Crippen molar-refractivity contribution in [3.63, 3.8) is 0 Å². The Morgan fingerprint density at radius 2 is 2.23 bits per heavy atom. The number of ketones is 1. The molecular weight excluding hydrogens is 164 g/mol. The maximum atomic E-state index is 11.8.